The number of aromatic nitrogens is 3. The Hall–Kier alpha value is -2.90. The van der Waals surface area contributed by atoms with Crippen molar-refractivity contribution in [3.8, 4) is 23.1 Å². The Bertz CT molecular complexity index is 946. The predicted octanol–water partition coefficient (Wildman–Crippen LogP) is 3.84. The van der Waals surface area contributed by atoms with Crippen molar-refractivity contribution in [2.75, 3.05) is 31.7 Å². The Morgan fingerprint density at radius 2 is 1.80 bits per heavy atom. The minimum atomic E-state index is -0.781. The maximum Gasteiger partial charge on any atom is 0.336 e. The van der Waals surface area contributed by atoms with Crippen LogP contribution in [0.3, 0.4) is 0 Å². The molecule has 0 aliphatic rings. The van der Waals surface area contributed by atoms with Crippen LogP contribution in [0.2, 0.25) is 0 Å². The molecule has 0 saturated heterocycles. The molecule has 2 N–H and O–H groups in total. The lowest BCUT2D eigenvalue weighted by Gasteiger charge is -2.18. The first-order valence-electron chi connectivity index (χ1n) is 10.2. The molecular formula is C23H30N4O3. The molecule has 0 radical (unpaired) electrons. The van der Waals surface area contributed by atoms with Crippen LogP contribution < -0.4 is 10.1 Å². The summed E-state index contributed by atoms with van der Waals surface area (Å²) in [5, 5.41) is 17.7. The van der Waals surface area contributed by atoms with Gasteiger partial charge in [0.15, 0.2) is 5.82 Å². The molecular weight excluding hydrogens is 380 g/mol. The molecule has 0 fully saturated rings. The van der Waals surface area contributed by atoms with Gasteiger partial charge in [-0.05, 0) is 57.5 Å². The van der Waals surface area contributed by atoms with Crippen molar-refractivity contribution in [2.45, 2.75) is 33.3 Å². The van der Waals surface area contributed by atoms with Crippen LogP contribution in [0.25, 0.3) is 17.1 Å². The van der Waals surface area contributed by atoms with E-state index in [-0.39, 0.29) is 0 Å². The van der Waals surface area contributed by atoms with Gasteiger partial charge in [-0.1, -0.05) is 24.3 Å². The smallest absolute Gasteiger partial charge is 0.336 e. The molecule has 0 saturated carbocycles. The standard InChI is InChI=1S/C23H30N4O3/c1-5-29-14-15-30-22-25-21(20-9-7-6-8-17(20)2)27(26-22)19-12-10-18(11-13-19)24-16-23(3,4)28/h6-13,24,28H,5,14-16H2,1-4H3. The SMILES string of the molecule is CCOCCOc1nc(-c2ccccc2C)n(-c2ccc(NCC(C)(C)O)cc2)n1. The second-order valence-corrected chi connectivity index (χ2v) is 7.70. The number of hydrogen-bond acceptors (Lipinski definition) is 6. The van der Waals surface area contributed by atoms with E-state index >= 15 is 0 Å². The fraction of sp³-hybridized carbons (Fsp3) is 0.391. The number of ether oxygens (including phenoxy) is 2. The zero-order chi connectivity index (χ0) is 21.6. The van der Waals surface area contributed by atoms with Gasteiger partial charge in [-0.25, -0.2) is 4.68 Å². The highest BCUT2D eigenvalue weighted by molar-refractivity contribution is 5.63. The minimum Gasteiger partial charge on any atom is -0.460 e. The number of benzene rings is 2. The fourth-order valence-corrected chi connectivity index (χ4v) is 2.91. The normalized spacial score (nSPS) is 11.5. The summed E-state index contributed by atoms with van der Waals surface area (Å²) in [6, 6.07) is 16.2. The third kappa shape index (κ3) is 5.81. The summed E-state index contributed by atoms with van der Waals surface area (Å²) >= 11 is 0. The fourth-order valence-electron chi connectivity index (χ4n) is 2.91. The third-order valence-corrected chi connectivity index (χ3v) is 4.47. The molecule has 7 nitrogen and oxygen atoms in total. The molecule has 0 bridgehead atoms. The molecule has 0 amide bonds. The lowest BCUT2D eigenvalue weighted by Crippen LogP contribution is -2.29. The van der Waals surface area contributed by atoms with Crippen molar-refractivity contribution < 1.29 is 14.6 Å². The van der Waals surface area contributed by atoms with Crippen LogP contribution in [0.4, 0.5) is 5.69 Å². The van der Waals surface area contributed by atoms with Crippen LogP contribution in [0.15, 0.2) is 48.5 Å². The molecule has 3 aromatic rings. The maximum atomic E-state index is 9.90. The molecule has 30 heavy (non-hydrogen) atoms. The summed E-state index contributed by atoms with van der Waals surface area (Å²) in [6.45, 7) is 9.53. The lowest BCUT2D eigenvalue weighted by atomic mass is 10.1. The van der Waals surface area contributed by atoms with Gasteiger partial charge in [-0.2, -0.15) is 4.98 Å². The Morgan fingerprint density at radius 1 is 1.07 bits per heavy atom. The van der Waals surface area contributed by atoms with Crippen molar-refractivity contribution in [1.29, 1.82) is 0 Å². The molecule has 0 aliphatic carbocycles. The number of rotatable bonds is 10. The third-order valence-electron chi connectivity index (χ3n) is 4.47. The van der Waals surface area contributed by atoms with Gasteiger partial charge in [0.25, 0.3) is 0 Å². The number of nitrogens with zero attached hydrogens (tertiary/aromatic N) is 3. The van der Waals surface area contributed by atoms with Gasteiger partial charge in [0.05, 0.1) is 17.9 Å². The Morgan fingerprint density at radius 3 is 2.47 bits per heavy atom. The zero-order valence-corrected chi connectivity index (χ0v) is 18.1. The zero-order valence-electron chi connectivity index (χ0n) is 18.1. The summed E-state index contributed by atoms with van der Waals surface area (Å²) < 4.78 is 12.8. The molecule has 7 heteroatoms. The lowest BCUT2D eigenvalue weighted by molar-refractivity contribution is 0.0945. The first-order chi connectivity index (χ1) is 14.4. The van der Waals surface area contributed by atoms with Crippen molar-refractivity contribution in [2.24, 2.45) is 0 Å². The molecule has 3 rings (SSSR count). The average molecular weight is 411 g/mol. The number of anilines is 1. The molecule has 0 atom stereocenters. The molecule has 1 aromatic heterocycles. The van der Waals surface area contributed by atoms with E-state index in [0.29, 0.717) is 32.4 Å². The van der Waals surface area contributed by atoms with Crippen molar-refractivity contribution in [3.05, 3.63) is 54.1 Å². The topological polar surface area (TPSA) is 81.4 Å². The summed E-state index contributed by atoms with van der Waals surface area (Å²) in [4.78, 5) is 4.63. The predicted molar refractivity (Wildman–Crippen MR) is 118 cm³/mol. The first kappa shape index (κ1) is 21.8. The van der Waals surface area contributed by atoms with E-state index in [1.807, 2.05) is 62.4 Å². The van der Waals surface area contributed by atoms with Gasteiger partial charge in [0.2, 0.25) is 0 Å². The summed E-state index contributed by atoms with van der Waals surface area (Å²) in [5.74, 6) is 0.719. The van der Waals surface area contributed by atoms with E-state index in [2.05, 4.69) is 15.4 Å². The van der Waals surface area contributed by atoms with Gasteiger partial charge < -0.3 is 19.9 Å². The van der Waals surface area contributed by atoms with Gasteiger partial charge in [-0.3, -0.25) is 0 Å². The maximum absolute atomic E-state index is 9.90. The van der Waals surface area contributed by atoms with Crippen LogP contribution in [0, 0.1) is 6.92 Å². The van der Waals surface area contributed by atoms with Crippen LogP contribution in [0.5, 0.6) is 6.01 Å². The van der Waals surface area contributed by atoms with Crippen LogP contribution >= 0.6 is 0 Å². The van der Waals surface area contributed by atoms with E-state index in [0.717, 1.165) is 28.3 Å². The van der Waals surface area contributed by atoms with Gasteiger partial charge in [0.1, 0.15) is 6.61 Å². The van der Waals surface area contributed by atoms with E-state index in [1.165, 1.54) is 0 Å². The quantitative estimate of drug-likeness (QED) is 0.494. The van der Waals surface area contributed by atoms with Crippen LogP contribution in [0.1, 0.15) is 26.3 Å². The second-order valence-electron chi connectivity index (χ2n) is 7.70. The average Bonchev–Trinajstić information content (AvgIpc) is 3.14. The monoisotopic (exact) mass is 410 g/mol. The van der Waals surface area contributed by atoms with Gasteiger partial charge >= 0.3 is 6.01 Å². The summed E-state index contributed by atoms with van der Waals surface area (Å²) in [5.41, 5.74) is 3.11. The number of hydrogen-bond donors (Lipinski definition) is 2. The van der Waals surface area contributed by atoms with Crippen molar-refractivity contribution in [1.82, 2.24) is 14.8 Å². The van der Waals surface area contributed by atoms with Crippen LogP contribution in [-0.2, 0) is 4.74 Å². The molecule has 0 spiro atoms. The van der Waals surface area contributed by atoms with E-state index in [9.17, 15) is 5.11 Å². The Kier molecular flexibility index (Phi) is 7.07. The van der Waals surface area contributed by atoms with E-state index in [1.54, 1.807) is 18.5 Å². The van der Waals surface area contributed by atoms with E-state index < -0.39 is 5.60 Å². The first-order valence-corrected chi connectivity index (χ1v) is 10.2. The minimum absolute atomic E-state index is 0.317. The molecule has 160 valence electrons. The van der Waals surface area contributed by atoms with Crippen molar-refractivity contribution in [3.63, 3.8) is 0 Å². The summed E-state index contributed by atoms with van der Waals surface area (Å²) in [6.07, 6.45) is 0. The highest BCUT2D eigenvalue weighted by Gasteiger charge is 2.17. The highest BCUT2D eigenvalue weighted by atomic mass is 16.5. The molecule has 2 aromatic carbocycles. The molecule has 0 unspecified atom stereocenters. The second kappa shape index (κ2) is 9.73. The molecule has 0 aliphatic heterocycles. The molecule has 1 heterocycles. The number of nitrogens with one attached hydrogen (secondary N) is 1. The van der Waals surface area contributed by atoms with Gasteiger partial charge in [0, 0.05) is 24.4 Å². The largest absolute Gasteiger partial charge is 0.460 e. The number of aliphatic hydroxyl groups is 1. The van der Waals surface area contributed by atoms with Crippen molar-refractivity contribution >= 4 is 5.69 Å². The Labute approximate surface area is 177 Å². The van der Waals surface area contributed by atoms with E-state index in [4.69, 9.17) is 9.47 Å². The number of aryl methyl sites for hydroxylation is 1. The Balaban J connectivity index is 1.88. The highest BCUT2D eigenvalue weighted by Crippen LogP contribution is 2.27. The van der Waals surface area contributed by atoms with Gasteiger partial charge in [-0.15, -0.1) is 5.10 Å². The summed E-state index contributed by atoms with van der Waals surface area (Å²) in [7, 11) is 0. The van der Waals surface area contributed by atoms with Crippen LogP contribution in [-0.4, -0.2) is 51.8 Å².